The summed E-state index contributed by atoms with van der Waals surface area (Å²) in [6, 6.07) is 7.90. The van der Waals surface area contributed by atoms with Crippen molar-refractivity contribution in [3.05, 3.63) is 30.3 Å². The van der Waals surface area contributed by atoms with Crippen LogP contribution in [0.2, 0.25) is 0 Å². The number of piperidine rings is 1. The van der Waals surface area contributed by atoms with Gasteiger partial charge < -0.3 is 10.2 Å². The van der Waals surface area contributed by atoms with Crippen molar-refractivity contribution in [2.45, 2.75) is 43.0 Å². The molecule has 1 N–H and O–H groups in total. The van der Waals surface area contributed by atoms with Crippen molar-refractivity contribution in [1.82, 2.24) is 14.5 Å². The van der Waals surface area contributed by atoms with Gasteiger partial charge in [0.05, 0.1) is 4.90 Å². The number of benzene rings is 1. The van der Waals surface area contributed by atoms with Crippen molar-refractivity contribution in [3.8, 4) is 0 Å². The fraction of sp³-hybridized carbons (Fsp3) is 0.632. The molecule has 1 aromatic rings. The Labute approximate surface area is 167 Å². The van der Waals surface area contributed by atoms with E-state index < -0.39 is 16.1 Å². The van der Waals surface area contributed by atoms with Crippen LogP contribution in [0.15, 0.2) is 35.2 Å². The zero-order valence-electron chi connectivity index (χ0n) is 15.5. The molecule has 6 nitrogen and oxygen atoms in total. The van der Waals surface area contributed by atoms with E-state index in [4.69, 9.17) is 0 Å². The van der Waals surface area contributed by atoms with E-state index in [0.717, 1.165) is 45.4 Å². The third kappa shape index (κ3) is 3.88. The molecule has 27 heavy (non-hydrogen) atoms. The van der Waals surface area contributed by atoms with Crippen molar-refractivity contribution in [3.63, 3.8) is 0 Å². The SMILES string of the molecule is Cl.O=C(C1CCCN1S(=O)(=O)c1ccccc1)N1CCC2(CCNC2)CC1. The number of hydrogen-bond acceptors (Lipinski definition) is 4. The summed E-state index contributed by atoms with van der Waals surface area (Å²) in [6.45, 7) is 4.04. The van der Waals surface area contributed by atoms with Crippen LogP contribution in [-0.4, -0.2) is 62.3 Å². The summed E-state index contributed by atoms with van der Waals surface area (Å²) in [5.41, 5.74) is 0.349. The number of nitrogens with zero attached hydrogens (tertiary/aromatic N) is 2. The Morgan fingerprint density at radius 3 is 2.41 bits per heavy atom. The van der Waals surface area contributed by atoms with Gasteiger partial charge in [0.2, 0.25) is 15.9 Å². The van der Waals surface area contributed by atoms with E-state index in [1.54, 1.807) is 30.3 Å². The first kappa shape index (κ1) is 20.6. The standard InChI is InChI=1S/C19H27N3O3S.ClH/c23-18(21-13-9-19(10-14-21)8-11-20-15-19)17-7-4-12-22(17)26(24,25)16-5-2-1-3-6-16;/h1-3,5-6,17,20H,4,7-15H2;1H. The molecule has 8 heteroatoms. The highest BCUT2D eigenvalue weighted by molar-refractivity contribution is 7.89. The molecule has 3 fully saturated rings. The van der Waals surface area contributed by atoms with Crippen molar-refractivity contribution >= 4 is 28.3 Å². The lowest BCUT2D eigenvalue weighted by Gasteiger charge is -2.40. The van der Waals surface area contributed by atoms with Gasteiger partial charge in [-0.05, 0) is 56.2 Å². The highest BCUT2D eigenvalue weighted by Crippen LogP contribution is 2.37. The van der Waals surface area contributed by atoms with Crippen molar-refractivity contribution in [2.24, 2.45) is 5.41 Å². The van der Waals surface area contributed by atoms with Crippen LogP contribution in [0.25, 0.3) is 0 Å². The van der Waals surface area contributed by atoms with E-state index in [1.165, 1.54) is 10.7 Å². The quantitative estimate of drug-likeness (QED) is 0.821. The van der Waals surface area contributed by atoms with E-state index in [1.807, 2.05) is 4.90 Å². The molecule has 4 rings (SSSR count). The van der Waals surface area contributed by atoms with Crippen LogP contribution >= 0.6 is 12.4 Å². The monoisotopic (exact) mass is 413 g/mol. The van der Waals surface area contributed by atoms with Crippen LogP contribution in [-0.2, 0) is 14.8 Å². The number of sulfonamides is 1. The van der Waals surface area contributed by atoms with Gasteiger partial charge in [0.25, 0.3) is 0 Å². The Morgan fingerprint density at radius 2 is 1.78 bits per heavy atom. The highest BCUT2D eigenvalue weighted by atomic mass is 35.5. The van der Waals surface area contributed by atoms with Crippen LogP contribution in [0.5, 0.6) is 0 Å². The van der Waals surface area contributed by atoms with Crippen molar-refractivity contribution < 1.29 is 13.2 Å². The molecule has 0 aromatic heterocycles. The van der Waals surface area contributed by atoms with Gasteiger partial charge in [-0.2, -0.15) is 4.31 Å². The molecule has 1 aromatic carbocycles. The molecule has 1 spiro atoms. The summed E-state index contributed by atoms with van der Waals surface area (Å²) in [7, 11) is -3.62. The molecule has 1 unspecified atom stereocenters. The predicted molar refractivity (Wildman–Crippen MR) is 106 cm³/mol. The fourth-order valence-corrected chi connectivity index (χ4v) is 6.31. The minimum atomic E-state index is -3.62. The van der Waals surface area contributed by atoms with Gasteiger partial charge in [0.15, 0.2) is 0 Å². The Morgan fingerprint density at radius 1 is 1.07 bits per heavy atom. The Kier molecular flexibility index (Phi) is 6.15. The number of nitrogens with one attached hydrogen (secondary N) is 1. The number of carbonyl (C=O) groups excluding carboxylic acids is 1. The second-order valence-corrected chi connectivity index (χ2v) is 9.73. The largest absolute Gasteiger partial charge is 0.341 e. The van der Waals surface area contributed by atoms with Gasteiger partial charge in [-0.25, -0.2) is 8.42 Å². The zero-order valence-corrected chi connectivity index (χ0v) is 17.1. The van der Waals surface area contributed by atoms with Gasteiger partial charge in [0.1, 0.15) is 6.04 Å². The summed E-state index contributed by atoms with van der Waals surface area (Å²) in [4.78, 5) is 15.3. The molecule has 0 aliphatic carbocycles. The van der Waals surface area contributed by atoms with Crippen LogP contribution in [0, 0.1) is 5.41 Å². The van der Waals surface area contributed by atoms with Crippen LogP contribution in [0.3, 0.4) is 0 Å². The lowest BCUT2D eigenvalue weighted by Crippen LogP contribution is -2.51. The molecular formula is C19H28ClN3O3S. The Balaban J connectivity index is 0.00000210. The number of halogens is 1. The lowest BCUT2D eigenvalue weighted by atomic mass is 9.78. The van der Waals surface area contributed by atoms with Gasteiger partial charge in [-0.15, -0.1) is 12.4 Å². The number of likely N-dealkylation sites (tertiary alicyclic amines) is 1. The molecule has 1 atom stereocenters. The first-order chi connectivity index (χ1) is 12.5. The van der Waals surface area contributed by atoms with E-state index >= 15 is 0 Å². The molecular weight excluding hydrogens is 386 g/mol. The summed E-state index contributed by atoms with van der Waals surface area (Å²) < 4.78 is 27.4. The molecule has 3 heterocycles. The molecule has 0 bridgehead atoms. The third-order valence-electron chi connectivity index (χ3n) is 6.31. The molecule has 150 valence electrons. The van der Waals surface area contributed by atoms with E-state index in [0.29, 0.717) is 18.4 Å². The average molecular weight is 414 g/mol. The molecule has 0 saturated carbocycles. The Hall–Kier alpha value is -1.15. The van der Waals surface area contributed by atoms with Crippen molar-refractivity contribution in [1.29, 1.82) is 0 Å². The zero-order chi connectivity index (χ0) is 18.2. The van der Waals surface area contributed by atoms with Gasteiger partial charge in [-0.3, -0.25) is 4.79 Å². The summed E-state index contributed by atoms with van der Waals surface area (Å²) in [5, 5.41) is 3.44. The highest BCUT2D eigenvalue weighted by Gasteiger charge is 2.44. The van der Waals surface area contributed by atoms with E-state index in [9.17, 15) is 13.2 Å². The maximum Gasteiger partial charge on any atom is 0.243 e. The van der Waals surface area contributed by atoms with Crippen LogP contribution in [0.1, 0.15) is 32.1 Å². The summed E-state index contributed by atoms with van der Waals surface area (Å²) >= 11 is 0. The molecule has 3 aliphatic rings. The predicted octanol–water partition coefficient (Wildman–Crippen LogP) is 1.86. The normalized spacial score (nSPS) is 25.5. The molecule has 3 aliphatic heterocycles. The van der Waals surface area contributed by atoms with E-state index in [-0.39, 0.29) is 23.2 Å². The topological polar surface area (TPSA) is 69.7 Å². The Bertz CT molecular complexity index is 756. The smallest absolute Gasteiger partial charge is 0.243 e. The number of carbonyl (C=O) groups is 1. The first-order valence-corrected chi connectivity index (χ1v) is 11.0. The lowest BCUT2D eigenvalue weighted by molar-refractivity contribution is -0.136. The fourth-order valence-electron chi connectivity index (χ4n) is 4.64. The van der Waals surface area contributed by atoms with Gasteiger partial charge >= 0.3 is 0 Å². The first-order valence-electron chi connectivity index (χ1n) is 9.58. The van der Waals surface area contributed by atoms with E-state index in [2.05, 4.69) is 5.32 Å². The summed E-state index contributed by atoms with van der Waals surface area (Å²) in [5.74, 6) is -0.0113. The molecule has 1 amide bonds. The van der Waals surface area contributed by atoms with Gasteiger partial charge in [-0.1, -0.05) is 18.2 Å². The minimum absolute atomic E-state index is 0. The summed E-state index contributed by atoms with van der Waals surface area (Å²) in [6.07, 6.45) is 4.58. The molecule has 3 saturated heterocycles. The minimum Gasteiger partial charge on any atom is -0.341 e. The maximum absolute atomic E-state index is 13.1. The second-order valence-electron chi connectivity index (χ2n) is 7.84. The third-order valence-corrected chi connectivity index (χ3v) is 8.23. The van der Waals surface area contributed by atoms with Gasteiger partial charge in [0, 0.05) is 26.2 Å². The maximum atomic E-state index is 13.1. The average Bonchev–Trinajstić information content (AvgIpc) is 3.33. The number of rotatable bonds is 3. The van der Waals surface area contributed by atoms with Crippen LogP contribution < -0.4 is 5.32 Å². The molecule has 0 radical (unpaired) electrons. The van der Waals surface area contributed by atoms with Crippen molar-refractivity contribution in [2.75, 3.05) is 32.7 Å². The van der Waals surface area contributed by atoms with Crippen LogP contribution in [0.4, 0.5) is 0 Å². The second kappa shape index (κ2) is 8.07. The number of amides is 1. The number of hydrogen-bond donors (Lipinski definition) is 1.